The number of aryl methyl sites for hydroxylation is 1. The number of fused-ring (bicyclic) bond motifs is 1. The van der Waals surface area contributed by atoms with Gasteiger partial charge in [-0.2, -0.15) is 0 Å². The van der Waals surface area contributed by atoms with Crippen LogP contribution in [-0.2, 0) is 6.42 Å². The lowest BCUT2D eigenvalue weighted by molar-refractivity contribution is 0.0989. The van der Waals surface area contributed by atoms with E-state index >= 15 is 0 Å². The van der Waals surface area contributed by atoms with E-state index in [-0.39, 0.29) is 5.91 Å². The Labute approximate surface area is 179 Å². The average Bonchev–Trinajstić information content (AvgIpc) is 3.41. The predicted molar refractivity (Wildman–Crippen MR) is 124 cm³/mol. The third-order valence-corrected chi connectivity index (χ3v) is 6.10. The van der Waals surface area contributed by atoms with Crippen molar-refractivity contribution in [2.45, 2.75) is 13.3 Å². The molecule has 0 aliphatic carbocycles. The fourth-order valence-corrected chi connectivity index (χ4v) is 4.47. The second-order valence-corrected chi connectivity index (χ2v) is 8.30. The number of hydrogen-bond donors (Lipinski definition) is 1. The lowest BCUT2D eigenvalue weighted by Gasteiger charge is -2.17. The number of benzene rings is 3. The minimum absolute atomic E-state index is 0.0597. The van der Waals surface area contributed by atoms with Crippen molar-refractivity contribution in [3.63, 3.8) is 0 Å². The molecule has 5 heteroatoms. The minimum Gasteiger partial charge on any atom is -0.332 e. The van der Waals surface area contributed by atoms with E-state index in [1.54, 1.807) is 11.3 Å². The van der Waals surface area contributed by atoms with E-state index in [0.717, 1.165) is 45.3 Å². The van der Waals surface area contributed by atoms with E-state index in [1.165, 1.54) is 5.56 Å². The first-order valence-electron chi connectivity index (χ1n) is 9.97. The summed E-state index contributed by atoms with van der Waals surface area (Å²) in [6, 6.07) is 24.1. The first kappa shape index (κ1) is 18.6. The zero-order chi connectivity index (χ0) is 20.5. The maximum atomic E-state index is 13.0. The molecule has 3 aromatic carbocycles. The SMILES string of the molecule is Cc1ccc(C(=O)N2CCc3cc(-c4csc(Nc5ccccc5)n4)ccc32)cc1. The van der Waals surface area contributed by atoms with Gasteiger partial charge in [-0.05, 0) is 55.3 Å². The highest BCUT2D eigenvalue weighted by atomic mass is 32.1. The molecule has 0 unspecified atom stereocenters. The fraction of sp³-hybridized carbons (Fsp3) is 0.120. The van der Waals surface area contributed by atoms with Gasteiger partial charge in [0.25, 0.3) is 5.91 Å². The Balaban J connectivity index is 1.36. The molecule has 0 fully saturated rings. The first-order valence-corrected chi connectivity index (χ1v) is 10.8. The van der Waals surface area contributed by atoms with Crippen LogP contribution in [-0.4, -0.2) is 17.4 Å². The van der Waals surface area contributed by atoms with Gasteiger partial charge in [0.1, 0.15) is 0 Å². The Morgan fingerprint density at radius 2 is 1.83 bits per heavy atom. The Morgan fingerprint density at radius 1 is 1.03 bits per heavy atom. The molecule has 0 saturated carbocycles. The molecular formula is C25H21N3OS. The molecule has 1 aromatic heterocycles. The summed E-state index contributed by atoms with van der Waals surface area (Å²) in [4.78, 5) is 19.6. The van der Waals surface area contributed by atoms with E-state index in [2.05, 4.69) is 22.8 Å². The smallest absolute Gasteiger partial charge is 0.258 e. The second kappa shape index (κ2) is 7.76. The number of nitrogens with one attached hydrogen (secondary N) is 1. The summed E-state index contributed by atoms with van der Waals surface area (Å²) in [5.41, 5.74) is 7.13. The number of thiazole rings is 1. The van der Waals surface area contributed by atoms with Crippen LogP contribution < -0.4 is 10.2 Å². The van der Waals surface area contributed by atoms with Gasteiger partial charge in [-0.1, -0.05) is 42.0 Å². The molecule has 0 radical (unpaired) electrons. The number of carbonyl (C=O) groups excluding carboxylic acids is 1. The van der Waals surface area contributed by atoms with Gasteiger partial charge in [0, 0.05) is 34.4 Å². The van der Waals surface area contributed by atoms with Crippen molar-refractivity contribution >= 4 is 33.8 Å². The number of carbonyl (C=O) groups is 1. The lowest BCUT2D eigenvalue weighted by atomic mass is 10.1. The van der Waals surface area contributed by atoms with Gasteiger partial charge in [-0.15, -0.1) is 11.3 Å². The molecule has 2 heterocycles. The van der Waals surface area contributed by atoms with Crippen molar-refractivity contribution in [2.24, 2.45) is 0 Å². The van der Waals surface area contributed by atoms with E-state index < -0.39 is 0 Å². The van der Waals surface area contributed by atoms with E-state index in [4.69, 9.17) is 4.98 Å². The standard InChI is InChI=1S/C25H21N3OS/c1-17-7-9-18(10-8-17)24(29)28-14-13-20-15-19(11-12-23(20)28)22-16-30-25(27-22)26-21-5-3-2-4-6-21/h2-12,15-16H,13-14H2,1H3,(H,26,27). The molecule has 0 bridgehead atoms. The Bertz CT molecular complexity index is 1200. The van der Waals surface area contributed by atoms with E-state index in [9.17, 15) is 4.79 Å². The van der Waals surface area contributed by atoms with Crippen LogP contribution in [0.5, 0.6) is 0 Å². The molecule has 1 amide bonds. The van der Waals surface area contributed by atoms with Crippen LogP contribution in [0, 0.1) is 6.92 Å². The highest BCUT2D eigenvalue weighted by Crippen LogP contribution is 2.34. The summed E-state index contributed by atoms with van der Waals surface area (Å²) in [6.07, 6.45) is 0.861. The summed E-state index contributed by atoms with van der Waals surface area (Å²) in [7, 11) is 0. The maximum absolute atomic E-state index is 13.0. The van der Waals surface area contributed by atoms with Crippen molar-refractivity contribution in [3.8, 4) is 11.3 Å². The van der Waals surface area contributed by atoms with Crippen molar-refractivity contribution in [1.82, 2.24) is 4.98 Å². The third-order valence-electron chi connectivity index (χ3n) is 5.34. The van der Waals surface area contributed by atoms with Crippen LogP contribution in [0.4, 0.5) is 16.5 Å². The summed E-state index contributed by atoms with van der Waals surface area (Å²) in [5.74, 6) is 0.0597. The molecule has 4 aromatic rings. The zero-order valence-electron chi connectivity index (χ0n) is 16.6. The maximum Gasteiger partial charge on any atom is 0.258 e. The van der Waals surface area contributed by atoms with Gasteiger partial charge in [0.05, 0.1) is 5.69 Å². The normalized spacial score (nSPS) is 12.6. The van der Waals surface area contributed by atoms with Crippen molar-refractivity contribution in [1.29, 1.82) is 0 Å². The number of nitrogens with zero attached hydrogens (tertiary/aromatic N) is 2. The highest BCUT2D eigenvalue weighted by Gasteiger charge is 2.26. The molecule has 1 aliphatic heterocycles. The van der Waals surface area contributed by atoms with Crippen LogP contribution in [0.25, 0.3) is 11.3 Å². The molecule has 1 N–H and O–H groups in total. The molecule has 5 rings (SSSR count). The van der Waals surface area contributed by atoms with Gasteiger partial charge >= 0.3 is 0 Å². The van der Waals surface area contributed by atoms with Crippen molar-refractivity contribution in [2.75, 3.05) is 16.8 Å². The van der Waals surface area contributed by atoms with Crippen LogP contribution in [0.2, 0.25) is 0 Å². The first-order chi connectivity index (χ1) is 14.7. The number of rotatable bonds is 4. The lowest BCUT2D eigenvalue weighted by Crippen LogP contribution is -2.28. The highest BCUT2D eigenvalue weighted by molar-refractivity contribution is 7.14. The minimum atomic E-state index is 0.0597. The Hall–Kier alpha value is -3.44. The topological polar surface area (TPSA) is 45.2 Å². The van der Waals surface area contributed by atoms with Gasteiger partial charge in [-0.25, -0.2) is 4.98 Å². The average molecular weight is 412 g/mol. The summed E-state index contributed by atoms with van der Waals surface area (Å²) in [6.45, 7) is 2.74. The van der Waals surface area contributed by atoms with Crippen LogP contribution >= 0.6 is 11.3 Å². The summed E-state index contributed by atoms with van der Waals surface area (Å²) >= 11 is 1.59. The van der Waals surface area contributed by atoms with Gasteiger partial charge < -0.3 is 10.2 Å². The number of para-hydroxylation sites is 1. The molecule has 0 atom stereocenters. The third kappa shape index (κ3) is 3.60. The summed E-state index contributed by atoms with van der Waals surface area (Å²) < 4.78 is 0. The predicted octanol–water partition coefficient (Wildman–Crippen LogP) is 6.07. The van der Waals surface area contributed by atoms with E-state index in [0.29, 0.717) is 6.54 Å². The molecule has 30 heavy (non-hydrogen) atoms. The molecule has 0 saturated heterocycles. The molecule has 0 spiro atoms. The van der Waals surface area contributed by atoms with Gasteiger partial charge in [0.15, 0.2) is 5.13 Å². The monoisotopic (exact) mass is 411 g/mol. The van der Waals surface area contributed by atoms with Crippen molar-refractivity contribution in [3.05, 3.63) is 94.9 Å². The fourth-order valence-electron chi connectivity index (χ4n) is 3.73. The second-order valence-electron chi connectivity index (χ2n) is 7.45. The van der Waals surface area contributed by atoms with Crippen LogP contribution in [0.1, 0.15) is 21.5 Å². The number of anilines is 3. The molecule has 1 aliphatic rings. The van der Waals surface area contributed by atoms with Crippen LogP contribution in [0.15, 0.2) is 78.2 Å². The molecule has 148 valence electrons. The van der Waals surface area contributed by atoms with E-state index in [1.807, 2.05) is 72.5 Å². The molecular weight excluding hydrogens is 390 g/mol. The number of amides is 1. The van der Waals surface area contributed by atoms with Gasteiger partial charge in [-0.3, -0.25) is 4.79 Å². The Kier molecular flexibility index (Phi) is 4.81. The number of aromatic nitrogens is 1. The van der Waals surface area contributed by atoms with Crippen molar-refractivity contribution < 1.29 is 4.79 Å². The number of hydrogen-bond acceptors (Lipinski definition) is 4. The summed E-state index contributed by atoms with van der Waals surface area (Å²) in [5, 5.41) is 6.28. The zero-order valence-corrected chi connectivity index (χ0v) is 17.4. The quantitative estimate of drug-likeness (QED) is 0.444. The molecule has 4 nitrogen and oxygen atoms in total. The van der Waals surface area contributed by atoms with Gasteiger partial charge in [0.2, 0.25) is 0 Å². The van der Waals surface area contributed by atoms with Crippen LogP contribution in [0.3, 0.4) is 0 Å². The Morgan fingerprint density at radius 3 is 2.63 bits per heavy atom. The largest absolute Gasteiger partial charge is 0.332 e.